The van der Waals surface area contributed by atoms with Gasteiger partial charge in [0.2, 0.25) is 0 Å². The van der Waals surface area contributed by atoms with Crippen LogP contribution in [0.15, 0.2) is 29.3 Å². The van der Waals surface area contributed by atoms with Crippen LogP contribution in [0.5, 0.6) is 5.75 Å². The zero-order valence-electron chi connectivity index (χ0n) is 16.7. The van der Waals surface area contributed by atoms with Crippen LogP contribution in [0.2, 0.25) is 0 Å². The van der Waals surface area contributed by atoms with Gasteiger partial charge < -0.3 is 25.4 Å². The number of benzene rings is 1. The van der Waals surface area contributed by atoms with Crippen LogP contribution in [0.1, 0.15) is 17.3 Å². The maximum atomic E-state index is 12.1. The summed E-state index contributed by atoms with van der Waals surface area (Å²) in [5, 5.41) is 9.36. The Balaban J connectivity index is 0.00000392. The molecule has 1 aromatic carbocycles. The fraction of sp³-hybridized carbons (Fsp3) is 0.579. The van der Waals surface area contributed by atoms with E-state index in [-0.39, 0.29) is 29.9 Å². The van der Waals surface area contributed by atoms with E-state index < -0.39 is 0 Å². The third-order valence-corrected chi connectivity index (χ3v) is 4.19. The van der Waals surface area contributed by atoms with Crippen molar-refractivity contribution in [3.8, 4) is 5.75 Å². The van der Waals surface area contributed by atoms with Gasteiger partial charge in [0.05, 0.1) is 26.9 Å². The summed E-state index contributed by atoms with van der Waals surface area (Å²) in [6.45, 7) is 9.14. The molecule has 0 bridgehead atoms. The quantitative estimate of drug-likeness (QED) is 0.201. The molecule has 1 amide bonds. The number of halogens is 1. The fourth-order valence-corrected chi connectivity index (χ4v) is 2.67. The number of rotatable bonds is 9. The predicted octanol–water partition coefficient (Wildman–Crippen LogP) is 0.930. The zero-order chi connectivity index (χ0) is 19.3. The number of hydrogen-bond acceptors (Lipinski definition) is 5. The number of carbonyl (C=O) groups is 1. The van der Waals surface area contributed by atoms with Gasteiger partial charge in [-0.1, -0.05) is 0 Å². The molecule has 1 aromatic rings. The van der Waals surface area contributed by atoms with Gasteiger partial charge in [-0.05, 0) is 31.2 Å². The molecule has 1 saturated heterocycles. The molecule has 1 aliphatic heterocycles. The molecule has 1 fully saturated rings. The monoisotopic (exact) mass is 505 g/mol. The van der Waals surface area contributed by atoms with Gasteiger partial charge in [0, 0.05) is 44.8 Å². The Morgan fingerprint density at radius 1 is 1.14 bits per heavy atom. The molecule has 0 aromatic heterocycles. The first-order valence-electron chi connectivity index (χ1n) is 9.47. The van der Waals surface area contributed by atoms with Gasteiger partial charge in [0.25, 0.3) is 5.91 Å². The van der Waals surface area contributed by atoms with Crippen LogP contribution in [0.4, 0.5) is 0 Å². The summed E-state index contributed by atoms with van der Waals surface area (Å²) < 4.78 is 10.4. The number of aliphatic imine (C=N–C) groups is 1. The molecule has 0 spiro atoms. The summed E-state index contributed by atoms with van der Waals surface area (Å²) in [5.41, 5.74) is 0.613. The van der Waals surface area contributed by atoms with E-state index in [0.717, 1.165) is 57.6 Å². The standard InChI is InChI=1S/C19H31N5O3.HI/c1-3-20-19(23-10-11-24-12-14-27-15-13-24)22-9-8-21-18(25)16-4-6-17(26-2)7-5-16;/h4-7H,3,8-15H2,1-2H3,(H,21,25)(H2,20,22,23);1H. The molecule has 0 aliphatic carbocycles. The van der Waals surface area contributed by atoms with Crippen LogP contribution < -0.4 is 20.7 Å². The molecule has 1 aliphatic rings. The third-order valence-electron chi connectivity index (χ3n) is 4.19. The van der Waals surface area contributed by atoms with E-state index in [1.54, 1.807) is 31.4 Å². The highest BCUT2D eigenvalue weighted by Gasteiger charge is 2.09. The Morgan fingerprint density at radius 3 is 2.46 bits per heavy atom. The molecule has 0 atom stereocenters. The molecule has 9 heteroatoms. The number of methoxy groups -OCH3 is 1. The fourth-order valence-electron chi connectivity index (χ4n) is 2.67. The molecule has 28 heavy (non-hydrogen) atoms. The molecule has 1 heterocycles. The van der Waals surface area contributed by atoms with E-state index >= 15 is 0 Å². The van der Waals surface area contributed by atoms with Crippen LogP contribution in [-0.2, 0) is 4.74 Å². The molecule has 0 radical (unpaired) electrons. The molecule has 158 valence electrons. The predicted molar refractivity (Wildman–Crippen MR) is 122 cm³/mol. The lowest BCUT2D eigenvalue weighted by Gasteiger charge is -2.25. The van der Waals surface area contributed by atoms with E-state index in [1.165, 1.54) is 0 Å². The smallest absolute Gasteiger partial charge is 0.251 e. The van der Waals surface area contributed by atoms with Gasteiger partial charge in [0.1, 0.15) is 5.75 Å². The zero-order valence-corrected chi connectivity index (χ0v) is 19.0. The molecular formula is C19H32IN5O3. The van der Waals surface area contributed by atoms with Crippen molar-refractivity contribution in [3.63, 3.8) is 0 Å². The third kappa shape index (κ3) is 9.07. The van der Waals surface area contributed by atoms with Crippen molar-refractivity contribution in [3.05, 3.63) is 29.8 Å². The number of guanidine groups is 1. The Hall–Kier alpha value is -1.59. The number of carbonyl (C=O) groups excluding carboxylic acids is 1. The lowest BCUT2D eigenvalue weighted by molar-refractivity contribution is 0.0394. The average molecular weight is 505 g/mol. The summed E-state index contributed by atoms with van der Waals surface area (Å²) in [5.74, 6) is 1.40. The molecule has 8 nitrogen and oxygen atoms in total. The first-order valence-corrected chi connectivity index (χ1v) is 9.47. The van der Waals surface area contributed by atoms with Gasteiger partial charge in [0.15, 0.2) is 5.96 Å². The molecule has 0 saturated carbocycles. The van der Waals surface area contributed by atoms with Crippen molar-refractivity contribution in [1.82, 2.24) is 20.9 Å². The summed E-state index contributed by atoms with van der Waals surface area (Å²) in [7, 11) is 1.60. The summed E-state index contributed by atoms with van der Waals surface area (Å²) in [6.07, 6.45) is 0. The number of nitrogens with one attached hydrogen (secondary N) is 3. The van der Waals surface area contributed by atoms with Crippen molar-refractivity contribution >= 4 is 35.8 Å². The van der Waals surface area contributed by atoms with E-state index in [2.05, 4.69) is 25.8 Å². The van der Waals surface area contributed by atoms with Crippen molar-refractivity contribution in [2.75, 3.05) is 66.1 Å². The Labute approximate surface area is 184 Å². The summed E-state index contributed by atoms with van der Waals surface area (Å²) in [4.78, 5) is 19.1. The van der Waals surface area contributed by atoms with Gasteiger partial charge >= 0.3 is 0 Å². The molecule has 3 N–H and O–H groups in total. The summed E-state index contributed by atoms with van der Waals surface area (Å²) in [6, 6.07) is 7.05. The van der Waals surface area contributed by atoms with Crippen LogP contribution in [-0.4, -0.2) is 82.9 Å². The number of amides is 1. The maximum absolute atomic E-state index is 12.1. The van der Waals surface area contributed by atoms with E-state index in [1.807, 2.05) is 6.92 Å². The number of nitrogens with zero attached hydrogens (tertiary/aromatic N) is 2. The SMILES string of the molecule is CCNC(=NCCN1CCOCC1)NCCNC(=O)c1ccc(OC)cc1.I. The highest BCUT2D eigenvalue weighted by atomic mass is 127. The highest BCUT2D eigenvalue weighted by Crippen LogP contribution is 2.10. The van der Waals surface area contributed by atoms with Crippen molar-refractivity contribution in [2.24, 2.45) is 4.99 Å². The molecule has 2 rings (SSSR count). The van der Waals surface area contributed by atoms with Crippen molar-refractivity contribution < 1.29 is 14.3 Å². The minimum absolute atomic E-state index is 0. The first-order chi connectivity index (χ1) is 13.2. The van der Waals surface area contributed by atoms with Crippen LogP contribution in [0, 0.1) is 0 Å². The summed E-state index contributed by atoms with van der Waals surface area (Å²) >= 11 is 0. The topological polar surface area (TPSA) is 87.2 Å². The molecule has 0 unspecified atom stereocenters. The Morgan fingerprint density at radius 2 is 1.82 bits per heavy atom. The van der Waals surface area contributed by atoms with Crippen LogP contribution in [0.25, 0.3) is 0 Å². The van der Waals surface area contributed by atoms with Gasteiger partial charge in [-0.2, -0.15) is 0 Å². The minimum atomic E-state index is -0.103. The minimum Gasteiger partial charge on any atom is -0.497 e. The van der Waals surface area contributed by atoms with Gasteiger partial charge in [-0.25, -0.2) is 0 Å². The largest absolute Gasteiger partial charge is 0.497 e. The van der Waals surface area contributed by atoms with Crippen molar-refractivity contribution in [1.29, 1.82) is 0 Å². The normalized spacial score (nSPS) is 14.7. The second kappa shape index (κ2) is 14.4. The second-order valence-electron chi connectivity index (χ2n) is 6.13. The number of ether oxygens (including phenoxy) is 2. The van der Waals surface area contributed by atoms with E-state index in [4.69, 9.17) is 9.47 Å². The van der Waals surface area contributed by atoms with Gasteiger partial charge in [-0.3, -0.25) is 14.7 Å². The maximum Gasteiger partial charge on any atom is 0.251 e. The lowest BCUT2D eigenvalue weighted by atomic mass is 10.2. The van der Waals surface area contributed by atoms with Crippen LogP contribution in [0.3, 0.4) is 0 Å². The van der Waals surface area contributed by atoms with Gasteiger partial charge in [-0.15, -0.1) is 24.0 Å². The van der Waals surface area contributed by atoms with E-state index in [9.17, 15) is 4.79 Å². The Bertz CT molecular complexity index is 592. The Kier molecular flexibility index (Phi) is 12.6. The number of hydrogen-bond donors (Lipinski definition) is 3. The van der Waals surface area contributed by atoms with E-state index in [0.29, 0.717) is 18.7 Å². The molecular weight excluding hydrogens is 473 g/mol. The average Bonchev–Trinajstić information content (AvgIpc) is 2.71. The second-order valence-corrected chi connectivity index (χ2v) is 6.13. The van der Waals surface area contributed by atoms with Crippen LogP contribution >= 0.6 is 24.0 Å². The highest BCUT2D eigenvalue weighted by molar-refractivity contribution is 14.0. The lowest BCUT2D eigenvalue weighted by Crippen LogP contribution is -2.42. The number of morpholine rings is 1. The van der Waals surface area contributed by atoms with Crippen molar-refractivity contribution in [2.45, 2.75) is 6.92 Å². The first kappa shape index (κ1) is 24.4.